The molecule has 21 heavy (non-hydrogen) atoms. The molecule has 2 N–H and O–H groups in total. The summed E-state index contributed by atoms with van der Waals surface area (Å²) in [6, 6.07) is 7.55. The fraction of sp³-hybridized carbons (Fsp3) is 0.667. The minimum absolute atomic E-state index is 0.308. The van der Waals surface area contributed by atoms with Gasteiger partial charge in [0.25, 0.3) is 0 Å². The second-order valence-corrected chi connectivity index (χ2v) is 5.89. The third-order valence-electron chi connectivity index (χ3n) is 3.74. The van der Waals surface area contributed by atoms with Gasteiger partial charge in [-0.2, -0.15) is 0 Å². The van der Waals surface area contributed by atoms with E-state index in [2.05, 4.69) is 20.8 Å². The summed E-state index contributed by atoms with van der Waals surface area (Å²) in [4.78, 5) is 0. The maximum Gasteiger partial charge on any atom is 0.119 e. The zero-order valence-electron chi connectivity index (χ0n) is 13.6. The Hall–Kier alpha value is -1.06. The first kappa shape index (κ1) is 18.0. The van der Waals surface area contributed by atoms with Gasteiger partial charge in [0, 0.05) is 0 Å². The van der Waals surface area contributed by atoms with Gasteiger partial charge in [0.2, 0.25) is 0 Å². The number of rotatable bonds is 10. The first-order chi connectivity index (χ1) is 10.0. The highest BCUT2D eigenvalue weighted by atomic mass is 16.5. The number of benzene rings is 1. The van der Waals surface area contributed by atoms with Gasteiger partial charge in [-0.1, -0.05) is 52.2 Å². The van der Waals surface area contributed by atoms with Crippen LogP contribution < -0.4 is 4.74 Å². The molecular formula is C18H30O3. The van der Waals surface area contributed by atoms with Crippen molar-refractivity contribution in [3.8, 4) is 5.75 Å². The van der Waals surface area contributed by atoms with Crippen LogP contribution in [0.25, 0.3) is 0 Å². The van der Waals surface area contributed by atoms with Gasteiger partial charge in [-0.05, 0) is 37.0 Å². The van der Waals surface area contributed by atoms with Gasteiger partial charge in [-0.25, -0.2) is 0 Å². The van der Waals surface area contributed by atoms with E-state index in [1.165, 1.54) is 0 Å². The molecule has 0 heterocycles. The van der Waals surface area contributed by atoms with Crippen LogP contribution in [0.3, 0.4) is 0 Å². The zero-order chi connectivity index (χ0) is 15.7. The Labute approximate surface area is 129 Å². The van der Waals surface area contributed by atoms with Gasteiger partial charge in [-0.15, -0.1) is 0 Å². The summed E-state index contributed by atoms with van der Waals surface area (Å²) in [5.41, 5.74) is 0.130. The van der Waals surface area contributed by atoms with E-state index in [0.29, 0.717) is 12.4 Å². The minimum Gasteiger partial charge on any atom is -0.491 e. The molecule has 1 aromatic rings. The third-order valence-corrected chi connectivity index (χ3v) is 3.74. The molecule has 0 aliphatic carbocycles. The smallest absolute Gasteiger partial charge is 0.119 e. The Morgan fingerprint density at radius 1 is 1.10 bits per heavy atom. The van der Waals surface area contributed by atoms with Crippen molar-refractivity contribution in [3.05, 3.63) is 29.8 Å². The Kier molecular flexibility index (Phi) is 7.76. The fourth-order valence-corrected chi connectivity index (χ4v) is 2.67. The van der Waals surface area contributed by atoms with E-state index in [9.17, 15) is 10.2 Å². The van der Waals surface area contributed by atoms with E-state index in [0.717, 1.165) is 44.1 Å². The monoisotopic (exact) mass is 294 g/mol. The lowest BCUT2D eigenvalue weighted by Crippen LogP contribution is -2.35. The van der Waals surface area contributed by atoms with Crippen LogP contribution in [0.4, 0.5) is 0 Å². The molecule has 0 spiro atoms. The maximum atomic E-state index is 10.6. The lowest BCUT2D eigenvalue weighted by atomic mass is 9.94. The van der Waals surface area contributed by atoms with Crippen LogP contribution in [0.1, 0.15) is 71.0 Å². The van der Waals surface area contributed by atoms with Gasteiger partial charge >= 0.3 is 0 Å². The summed E-state index contributed by atoms with van der Waals surface area (Å²) >= 11 is 0. The summed E-state index contributed by atoms with van der Waals surface area (Å²) in [5, 5.41) is 20.6. The van der Waals surface area contributed by atoms with E-state index in [4.69, 9.17) is 4.74 Å². The van der Waals surface area contributed by atoms with E-state index in [-0.39, 0.29) is 0 Å². The SMILES string of the molecule is CCCC(O)c1cccc(OCC(O)(CCC)CCC)c1. The lowest BCUT2D eigenvalue weighted by Gasteiger charge is -2.27. The zero-order valence-corrected chi connectivity index (χ0v) is 13.6. The van der Waals surface area contributed by atoms with Gasteiger partial charge in [-0.3, -0.25) is 0 Å². The van der Waals surface area contributed by atoms with Crippen molar-refractivity contribution >= 4 is 0 Å². The van der Waals surface area contributed by atoms with E-state index in [1.54, 1.807) is 0 Å². The molecule has 3 heteroatoms. The second-order valence-electron chi connectivity index (χ2n) is 5.89. The molecule has 0 aromatic heterocycles. The number of aliphatic hydroxyl groups is 2. The van der Waals surface area contributed by atoms with E-state index >= 15 is 0 Å². The van der Waals surface area contributed by atoms with Crippen molar-refractivity contribution < 1.29 is 14.9 Å². The average molecular weight is 294 g/mol. The summed E-state index contributed by atoms with van der Waals surface area (Å²) in [6.45, 7) is 6.51. The molecule has 0 fully saturated rings. The molecule has 0 radical (unpaired) electrons. The third kappa shape index (κ3) is 6.06. The van der Waals surface area contributed by atoms with Crippen molar-refractivity contribution in [1.29, 1.82) is 0 Å². The van der Waals surface area contributed by atoms with Crippen LogP contribution in [0.15, 0.2) is 24.3 Å². The normalized spacial score (nSPS) is 13.2. The highest BCUT2D eigenvalue weighted by Gasteiger charge is 2.25. The first-order valence-electron chi connectivity index (χ1n) is 8.17. The Morgan fingerprint density at radius 3 is 2.33 bits per heavy atom. The minimum atomic E-state index is -0.748. The molecule has 1 aromatic carbocycles. The largest absolute Gasteiger partial charge is 0.491 e. The average Bonchev–Trinajstić information content (AvgIpc) is 2.46. The molecule has 0 saturated carbocycles. The lowest BCUT2D eigenvalue weighted by molar-refractivity contribution is -0.0202. The predicted octanol–water partition coefficient (Wildman–Crippen LogP) is 4.23. The van der Waals surface area contributed by atoms with Gasteiger partial charge in [0.05, 0.1) is 11.7 Å². The number of hydrogen-bond donors (Lipinski definition) is 2. The van der Waals surface area contributed by atoms with Gasteiger partial charge < -0.3 is 14.9 Å². The van der Waals surface area contributed by atoms with Crippen molar-refractivity contribution in [1.82, 2.24) is 0 Å². The molecule has 120 valence electrons. The Morgan fingerprint density at radius 2 is 1.76 bits per heavy atom. The van der Waals surface area contributed by atoms with Crippen molar-refractivity contribution in [2.75, 3.05) is 6.61 Å². The quantitative estimate of drug-likeness (QED) is 0.679. The molecule has 0 amide bonds. The summed E-state index contributed by atoms with van der Waals surface area (Å²) in [7, 11) is 0. The number of hydrogen-bond acceptors (Lipinski definition) is 3. The van der Waals surface area contributed by atoms with Crippen LogP contribution in [-0.2, 0) is 0 Å². The van der Waals surface area contributed by atoms with E-state index in [1.807, 2.05) is 24.3 Å². The highest BCUT2D eigenvalue weighted by molar-refractivity contribution is 5.30. The van der Waals surface area contributed by atoms with Crippen molar-refractivity contribution in [2.24, 2.45) is 0 Å². The van der Waals surface area contributed by atoms with Crippen LogP contribution >= 0.6 is 0 Å². The maximum absolute atomic E-state index is 10.6. The van der Waals surface area contributed by atoms with Crippen LogP contribution in [-0.4, -0.2) is 22.4 Å². The molecule has 3 nitrogen and oxygen atoms in total. The summed E-state index contributed by atoms with van der Waals surface area (Å²) in [6.07, 6.45) is 4.63. The molecule has 0 aliphatic rings. The fourth-order valence-electron chi connectivity index (χ4n) is 2.67. The molecule has 1 atom stereocenters. The Bertz CT molecular complexity index is 397. The predicted molar refractivity (Wildman–Crippen MR) is 86.6 cm³/mol. The van der Waals surface area contributed by atoms with Gasteiger partial charge in [0.1, 0.15) is 12.4 Å². The summed E-state index contributed by atoms with van der Waals surface area (Å²) < 4.78 is 5.78. The Balaban J connectivity index is 2.67. The molecular weight excluding hydrogens is 264 g/mol. The van der Waals surface area contributed by atoms with Gasteiger partial charge in [0.15, 0.2) is 0 Å². The molecule has 1 unspecified atom stereocenters. The standard InChI is InChI=1S/C18H30O3/c1-4-8-17(19)15-9-7-10-16(13-15)21-14-18(20,11-5-2)12-6-3/h7,9-10,13,17,19-20H,4-6,8,11-12,14H2,1-3H3. The van der Waals surface area contributed by atoms with E-state index < -0.39 is 11.7 Å². The van der Waals surface area contributed by atoms with Crippen LogP contribution in [0, 0.1) is 0 Å². The highest BCUT2D eigenvalue weighted by Crippen LogP contribution is 2.25. The molecule has 0 saturated heterocycles. The first-order valence-corrected chi connectivity index (χ1v) is 8.17. The molecule has 0 bridgehead atoms. The number of ether oxygens (including phenoxy) is 1. The van der Waals surface area contributed by atoms with Crippen LogP contribution in [0.5, 0.6) is 5.75 Å². The molecule has 1 rings (SSSR count). The molecule has 0 aliphatic heterocycles. The topological polar surface area (TPSA) is 49.7 Å². The van der Waals surface area contributed by atoms with Crippen molar-refractivity contribution in [3.63, 3.8) is 0 Å². The summed E-state index contributed by atoms with van der Waals surface area (Å²) in [5.74, 6) is 0.716. The van der Waals surface area contributed by atoms with Crippen LogP contribution in [0.2, 0.25) is 0 Å². The van der Waals surface area contributed by atoms with Crippen molar-refractivity contribution in [2.45, 2.75) is 71.0 Å². The number of aliphatic hydroxyl groups excluding tert-OH is 1. The second kappa shape index (κ2) is 9.06.